The molecule has 0 N–H and O–H groups in total. The number of hydrogen-bond acceptors (Lipinski definition) is 3. The fourth-order valence-electron chi connectivity index (χ4n) is 1.64. The first kappa shape index (κ1) is 14.3. The first-order valence-corrected chi connectivity index (χ1v) is 6.23. The first-order chi connectivity index (χ1) is 8.30. The van der Waals surface area contributed by atoms with E-state index in [1.54, 1.807) is 14.2 Å². The Kier molecular flexibility index (Phi) is 7.01. The maximum atomic E-state index is 5.79. The zero-order chi connectivity index (χ0) is 12.5. The molecule has 0 unspecified atom stereocenters. The summed E-state index contributed by atoms with van der Waals surface area (Å²) in [5.41, 5.74) is 1.23. The third-order valence-corrected chi connectivity index (χ3v) is 2.72. The van der Waals surface area contributed by atoms with Crippen molar-refractivity contribution in [2.24, 2.45) is 0 Å². The summed E-state index contributed by atoms with van der Waals surface area (Å²) in [4.78, 5) is 2.27. The summed E-state index contributed by atoms with van der Waals surface area (Å²) in [5, 5.41) is 0. The van der Waals surface area contributed by atoms with Gasteiger partial charge in [-0.25, -0.2) is 0 Å². The molecule has 4 heteroatoms. The number of ether oxygens (including phenoxy) is 2. The second kappa shape index (κ2) is 8.34. The van der Waals surface area contributed by atoms with Gasteiger partial charge in [-0.05, 0) is 17.7 Å². The summed E-state index contributed by atoms with van der Waals surface area (Å²) in [7, 11) is 3.39. The number of alkyl halides is 1. The van der Waals surface area contributed by atoms with Gasteiger partial charge < -0.3 is 9.47 Å². The van der Waals surface area contributed by atoms with Crippen molar-refractivity contribution in [2.45, 2.75) is 6.54 Å². The van der Waals surface area contributed by atoms with E-state index in [9.17, 15) is 0 Å². The quantitative estimate of drug-likeness (QED) is 0.668. The molecule has 0 radical (unpaired) electrons. The van der Waals surface area contributed by atoms with E-state index in [0.29, 0.717) is 5.88 Å². The maximum absolute atomic E-state index is 5.79. The third kappa shape index (κ3) is 5.39. The molecule has 0 atom stereocenters. The Bertz CT molecular complexity index is 320. The Morgan fingerprint density at radius 1 is 1.24 bits per heavy atom. The Morgan fingerprint density at radius 3 is 2.71 bits per heavy atom. The summed E-state index contributed by atoms with van der Waals surface area (Å²) in [6.07, 6.45) is 0. The van der Waals surface area contributed by atoms with Crippen LogP contribution in [-0.2, 0) is 11.3 Å². The van der Waals surface area contributed by atoms with Crippen molar-refractivity contribution in [3.05, 3.63) is 29.8 Å². The number of halogens is 1. The number of benzene rings is 1. The van der Waals surface area contributed by atoms with Gasteiger partial charge in [0.25, 0.3) is 0 Å². The van der Waals surface area contributed by atoms with Gasteiger partial charge in [0, 0.05) is 32.6 Å². The smallest absolute Gasteiger partial charge is 0.119 e. The molecule has 3 nitrogen and oxygen atoms in total. The topological polar surface area (TPSA) is 21.7 Å². The molecular weight excluding hydrogens is 238 g/mol. The lowest BCUT2D eigenvalue weighted by atomic mass is 10.2. The second-order valence-electron chi connectivity index (χ2n) is 3.81. The van der Waals surface area contributed by atoms with Crippen LogP contribution in [0.4, 0.5) is 0 Å². The van der Waals surface area contributed by atoms with Gasteiger partial charge in [0.1, 0.15) is 5.75 Å². The molecule has 0 aromatic heterocycles. The molecule has 0 heterocycles. The van der Waals surface area contributed by atoms with Crippen LogP contribution in [0.3, 0.4) is 0 Å². The molecule has 0 saturated carbocycles. The predicted molar refractivity (Wildman–Crippen MR) is 70.9 cm³/mol. The van der Waals surface area contributed by atoms with E-state index in [2.05, 4.69) is 11.0 Å². The largest absolute Gasteiger partial charge is 0.497 e. The molecule has 0 aliphatic rings. The summed E-state index contributed by atoms with van der Waals surface area (Å²) in [6.45, 7) is 3.34. The zero-order valence-corrected chi connectivity index (χ0v) is 11.2. The zero-order valence-electron chi connectivity index (χ0n) is 10.5. The van der Waals surface area contributed by atoms with E-state index >= 15 is 0 Å². The average Bonchev–Trinajstić information content (AvgIpc) is 2.36. The molecule has 0 amide bonds. The van der Waals surface area contributed by atoms with Crippen LogP contribution < -0.4 is 4.74 Å². The number of rotatable bonds is 8. The van der Waals surface area contributed by atoms with Crippen LogP contribution in [0.15, 0.2) is 24.3 Å². The molecule has 0 saturated heterocycles. The Hall–Kier alpha value is -0.770. The highest BCUT2D eigenvalue weighted by molar-refractivity contribution is 6.18. The van der Waals surface area contributed by atoms with Gasteiger partial charge in [-0.2, -0.15) is 0 Å². The van der Waals surface area contributed by atoms with Crippen LogP contribution in [0.1, 0.15) is 5.56 Å². The van der Waals surface area contributed by atoms with Gasteiger partial charge >= 0.3 is 0 Å². The van der Waals surface area contributed by atoms with E-state index in [1.165, 1.54) is 5.56 Å². The van der Waals surface area contributed by atoms with Crippen LogP contribution in [0.25, 0.3) is 0 Å². The van der Waals surface area contributed by atoms with Crippen molar-refractivity contribution in [3.8, 4) is 5.75 Å². The average molecular weight is 258 g/mol. The Balaban J connectivity index is 2.57. The van der Waals surface area contributed by atoms with Gasteiger partial charge in [-0.1, -0.05) is 12.1 Å². The van der Waals surface area contributed by atoms with Gasteiger partial charge in [0.05, 0.1) is 13.7 Å². The normalized spacial score (nSPS) is 10.8. The van der Waals surface area contributed by atoms with Gasteiger partial charge in [-0.15, -0.1) is 11.6 Å². The van der Waals surface area contributed by atoms with Crippen molar-refractivity contribution in [2.75, 3.05) is 39.8 Å². The SMILES string of the molecule is COCCN(CCCl)Cc1cccc(OC)c1. The van der Waals surface area contributed by atoms with Crippen LogP contribution in [0.2, 0.25) is 0 Å². The third-order valence-electron chi connectivity index (χ3n) is 2.55. The number of hydrogen-bond donors (Lipinski definition) is 0. The summed E-state index contributed by atoms with van der Waals surface area (Å²) in [5.74, 6) is 1.52. The fourth-order valence-corrected chi connectivity index (χ4v) is 1.88. The van der Waals surface area contributed by atoms with E-state index in [1.807, 2.05) is 18.2 Å². The lowest BCUT2D eigenvalue weighted by Crippen LogP contribution is -2.28. The van der Waals surface area contributed by atoms with Crippen molar-refractivity contribution < 1.29 is 9.47 Å². The van der Waals surface area contributed by atoms with E-state index in [4.69, 9.17) is 21.1 Å². The molecule has 17 heavy (non-hydrogen) atoms. The van der Waals surface area contributed by atoms with Gasteiger partial charge in [-0.3, -0.25) is 4.90 Å². The van der Waals surface area contributed by atoms with Gasteiger partial charge in [0.2, 0.25) is 0 Å². The van der Waals surface area contributed by atoms with Crippen LogP contribution in [0, 0.1) is 0 Å². The van der Waals surface area contributed by atoms with Crippen LogP contribution in [-0.4, -0.2) is 44.7 Å². The maximum Gasteiger partial charge on any atom is 0.119 e. The Labute approximate surface area is 108 Å². The Morgan fingerprint density at radius 2 is 2.06 bits per heavy atom. The fraction of sp³-hybridized carbons (Fsp3) is 0.538. The van der Waals surface area contributed by atoms with Gasteiger partial charge in [0.15, 0.2) is 0 Å². The molecule has 96 valence electrons. The molecule has 1 aromatic carbocycles. The van der Waals surface area contributed by atoms with Crippen molar-refractivity contribution >= 4 is 11.6 Å². The summed E-state index contributed by atoms with van der Waals surface area (Å²) < 4.78 is 10.3. The second-order valence-corrected chi connectivity index (χ2v) is 4.19. The number of nitrogens with zero attached hydrogens (tertiary/aromatic N) is 1. The molecule has 0 bridgehead atoms. The molecule has 0 spiro atoms. The van der Waals surface area contributed by atoms with E-state index < -0.39 is 0 Å². The lowest BCUT2D eigenvalue weighted by Gasteiger charge is -2.21. The predicted octanol–water partition coefficient (Wildman–Crippen LogP) is 2.38. The molecule has 1 rings (SSSR count). The molecular formula is C13H20ClNO2. The molecule has 0 aliphatic heterocycles. The summed E-state index contributed by atoms with van der Waals surface area (Å²) >= 11 is 5.79. The minimum Gasteiger partial charge on any atom is -0.497 e. The highest BCUT2D eigenvalue weighted by atomic mass is 35.5. The minimum atomic E-state index is 0.633. The monoisotopic (exact) mass is 257 g/mol. The van der Waals surface area contributed by atoms with Crippen molar-refractivity contribution in [3.63, 3.8) is 0 Å². The first-order valence-electron chi connectivity index (χ1n) is 5.70. The van der Waals surface area contributed by atoms with Crippen LogP contribution >= 0.6 is 11.6 Å². The number of methoxy groups -OCH3 is 2. The van der Waals surface area contributed by atoms with E-state index in [0.717, 1.165) is 32.0 Å². The van der Waals surface area contributed by atoms with Crippen molar-refractivity contribution in [1.82, 2.24) is 4.90 Å². The summed E-state index contributed by atoms with van der Waals surface area (Å²) in [6, 6.07) is 8.10. The lowest BCUT2D eigenvalue weighted by molar-refractivity contribution is 0.148. The highest BCUT2D eigenvalue weighted by Gasteiger charge is 2.05. The minimum absolute atomic E-state index is 0.633. The highest BCUT2D eigenvalue weighted by Crippen LogP contribution is 2.14. The van der Waals surface area contributed by atoms with E-state index in [-0.39, 0.29) is 0 Å². The molecule has 0 fully saturated rings. The standard InChI is InChI=1S/C13H20ClNO2/c1-16-9-8-15(7-6-14)11-12-4-3-5-13(10-12)17-2/h3-5,10H,6-9,11H2,1-2H3. The van der Waals surface area contributed by atoms with Crippen molar-refractivity contribution in [1.29, 1.82) is 0 Å². The van der Waals surface area contributed by atoms with Crippen LogP contribution in [0.5, 0.6) is 5.75 Å². The molecule has 1 aromatic rings. The molecule has 0 aliphatic carbocycles.